The summed E-state index contributed by atoms with van der Waals surface area (Å²) < 4.78 is 0. The third-order valence-electron chi connectivity index (χ3n) is 3.56. The molecule has 140 valence electrons. The Balaban J connectivity index is 1.98. The lowest BCUT2D eigenvalue weighted by atomic mass is 10.3. The van der Waals surface area contributed by atoms with E-state index in [4.69, 9.17) is 0 Å². The second-order valence-corrected chi connectivity index (χ2v) is 8.46. The quantitative estimate of drug-likeness (QED) is 0.695. The van der Waals surface area contributed by atoms with E-state index < -0.39 is 0 Å². The van der Waals surface area contributed by atoms with E-state index in [-0.39, 0.29) is 23.9 Å². The highest BCUT2D eigenvalue weighted by Crippen LogP contribution is 2.20. The number of benzene rings is 1. The van der Waals surface area contributed by atoms with E-state index in [1.807, 2.05) is 58.0 Å². The van der Waals surface area contributed by atoms with Crippen LogP contribution in [0, 0.1) is 0 Å². The second-order valence-electron chi connectivity index (χ2n) is 6.47. The molecule has 0 unspecified atom stereocenters. The Labute approximate surface area is 163 Å². The summed E-state index contributed by atoms with van der Waals surface area (Å²) in [6.07, 6.45) is 0. The molecule has 7 heteroatoms. The number of rotatable bonds is 8. The maximum atomic E-state index is 12.7. The van der Waals surface area contributed by atoms with Crippen molar-refractivity contribution in [3.05, 3.63) is 46.4 Å². The minimum atomic E-state index is -0.176. The summed E-state index contributed by atoms with van der Waals surface area (Å²) >= 11 is 2.94. The van der Waals surface area contributed by atoms with Gasteiger partial charge in [0.25, 0.3) is 5.91 Å². The molecule has 1 N–H and O–H groups in total. The Morgan fingerprint density at radius 1 is 1.19 bits per heavy atom. The number of hydrogen-bond donors (Lipinski definition) is 1. The molecule has 2 rings (SSSR count). The van der Waals surface area contributed by atoms with Crippen molar-refractivity contribution in [1.29, 1.82) is 0 Å². The number of hydrogen-bond acceptors (Lipinski definition) is 5. The lowest BCUT2D eigenvalue weighted by molar-refractivity contribution is -0.130. The molecule has 0 fully saturated rings. The number of carbonyl (C=O) groups is 2. The van der Waals surface area contributed by atoms with E-state index in [1.54, 1.807) is 10.3 Å². The predicted molar refractivity (Wildman–Crippen MR) is 108 cm³/mol. The van der Waals surface area contributed by atoms with Crippen LogP contribution in [0.5, 0.6) is 0 Å². The highest BCUT2D eigenvalue weighted by atomic mass is 32.2. The molecule has 5 nitrogen and oxygen atoms in total. The number of amides is 2. The van der Waals surface area contributed by atoms with Crippen LogP contribution in [-0.2, 0) is 11.3 Å². The molecular weight excluding hydrogens is 366 g/mol. The first kappa shape index (κ1) is 20.5. The minimum absolute atomic E-state index is 0.0655. The van der Waals surface area contributed by atoms with Gasteiger partial charge in [-0.2, -0.15) is 0 Å². The third kappa shape index (κ3) is 6.14. The summed E-state index contributed by atoms with van der Waals surface area (Å²) in [7, 11) is 0. The molecular formula is C19H25N3O2S2. The topological polar surface area (TPSA) is 62.3 Å². The lowest BCUT2D eigenvalue weighted by Gasteiger charge is -2.25. The Kier molecular flexibility index (Phi) is 7.66. The lowest BCUT2D eigenvalue weighted by Crippen LogP contribution is -2.37. The molecule has 2 aromatic rings. The number of carbonyl (C=O) groups excluding carboxylic acids is 2. The van der Waals surface area contributed by atoms with Gasteiger partial charge in [-0.25, -0.2) is 4.98 Å². The van der Waals surface area contributed by atoms with Gasteiger partial charge in [-0.15, -0.1) is 23.1 Å². The molecule has 0 aliphatic carbocycles. The second kappa shape index (κ2) is 9.73. The maximum absolute atomic E-state index is 12.7. The first-order valence-corrected chi connectivity index (χ1v) is 10.5. The molecule has 0 radical (unpaired) electrons. The van der Waals surface area contributed by atoms with Gasteiger partial charge >= 0.3 is 0 Å². The fourth-order valence-electron chi connectivity index (χ4n) is 2.27. The molecule has 0 atom stereocenters. The van der Waals surface area contributed by atoms with Crippen LogP contribution in [0.15, 0.2) is 40.6 Å². The van der Waals surface area contributed by atoms with E-state index in [9.17, 15) is 9.59 Å². The average molecular weight is 392 g/mol. The summed E-state index contributed by atoms with van der Waals surface area (Å²) in [4.78, 5) is 32.0. The molecule has 1 aromatic carbocycles. The van der Waals surface area contributed by atoms with Crippen molar-refractivity contribution in [1.82, 2.24) is 15.2 Å². The van der Waals surface area contributed by atoms with Gasteiger partial charge in [-0.05, 0) is 39.8 Å². The molecule has 0 bridgehead atoms. The molecule has 0 aliphatic rings. The maximum Gasteiger partial charge on any atom is 0.270 e. The predicted octanol–water partition coefficient (Wildman–Crippen LogP) is 3.81. The van der Waals surface area contributed by atoms with Crippen molar-refractivity contribution in [3.8, 4) is 0 Å². The average Bonchev–Trinajstić information content (AvgIpc) is 3.06. The van der Waals surface area contributed by atoms with Crippen LogP contribution in [0.2, 0.25) is 0 Å². The molecule has 0 spiro atoms. The fourth-order valence-corrected chi connectivity index (χ4v) is 3.85. The normalized spacial score (nSPS) is 11.0. The number of nitrogens with one attached hydrogen (secondary N) is 1. The highest BCUT2D eigenvalue weighted by molar-refractivity contribution is 8.00. The van der Waals surface area contributed by atoms with Crippen molar-refractivity contribution in [2.45, 2.75) is 51.2 Å². The number of thiazole rings is 1. The van der Waals surface area contributed by atoms with Crippen LogP contribution < -0.4 is 5.32 Å². The Hall–Kier alpha value is -1.86. The number of nitrogens with zero attached hydrogens (tertiary/aromatic N) is 2. The van der Waals surface area contributed by atoms with Gasteiger partial charge in [0.2, 0.25) is 5.91 Å². The van der Waals surface area contributed by atoms with Crippen LogP contribution in [0.25, 0.3) is 0 Å². The van der Waals surface area contributed by atoms with Crippen molar-refractivity contribution in [2.75, 3.05) is 5.75 Å². The first-order chi connectivity index (χ1) is 12.4. The summed E-state index contributed by atoms with van der Waals surface area (Å²) in [5.41, 5.74) is 0.411. The van der Waals surface area contributed by atoms with E-state index >= 15 is 0 Å². The van der Waals surface area contributed by atoms with Gasteiger partial charge in [-0.3, -0.25) is 9.59 Å². The summed E-state index contributed by atoms with van der Waals surface area (Å²) in [6, 6.07) is 10.0. The van der Waals surface area contributed by atoms with E-state index in [2.05, 4.69) is 10.3 Å². The third-order valence-corrected chi connectivity index (χ3v) is 5.39. The van der Waals surface area contributed by atoms with E-state index in [1.165, 1.54) is 23.1 Å². The smallest absolute Gasteiger partial charge is 0.270 e. The van der Waals surface area contributed by atoms with Crippen molar-refractivity contribution >= 4 is 34.9 Å². The van der Waals surface area contributed by atoms with E-state index in [0.29, 0.717) is 18.0 Å². The van der Waals surface area contributed by atoms with Crippen LogP contribution in [0.4, 0.5) is 0 Å². The number of aromatic nitrogens is 1. The zero-order valence-corrected chi connectivity index (χ0v) is 17.2. The van der Waals surface area contributed by atoms with Crippen LogP contribution in [0.1, 0.15) is 43.2 Å². The Bertz CT molecular complexity index is 729. The summed E-state index contributed by atoms with van der Waals surface area (Å²) in [6.45, 7) is 8.23. The zero-order valence-electron chi connectivity index (χ0n) is 15.6. The number of thioether (sulfide) groups is 1. The molecule has 2 amide bonds. The van der Waals surface area contributed by atoms with Crippen molar-refractivity contribution < 1.29 is 9.59 Å². The molecule has 0 saturated carbocycles. The molecule has 26 heavy (non-hydrogen) atoms. The highest BCUT2D eigenvalue weighted by Gasteiger charge is 2.20. The SMILES string of the molecule is CC(C)NC(=O)c1csc(CN(C(=O)CSc2ccccc2)C(C)C)n1. The van der Waals surface area contributed by atoms with Crippen LogP contribution in [0.3, 0.4) is 0 Å². The first-order valence-electron chi connectivity index (χ1n) is 8.59. The van der Waals surface area contributed by atoms with Crippen LogP contribution in [-0.4, -0.2) is 39.5 Å². The van der Waals surface area contributed by atoms with E-state index in [0.717, 1.165) is 9.90 Å². The molecule has 0 saturated heterocycles. The molecule has 1 heterocycles. The van der Waals surface area contributed by atoms with Crippen molar-refractivity contribution in [2.24, 2.45) is 0 Å². The summed E-state index contributed by atoms with van der Waals surface area (Å²) in [5, 5.41) is 5.34. The Morgan fingerprint density at radius 2 is 1.88 bits per heavy atom. The van der Waals surface area contributed by atoms with Gasteiger partial charge in [0, 0.05) is 22.4 Å². The largest absolute Gasteiger partial charge is 0.349 e. The van der Waals surface area contributed by atoms with Gasteiger partial charge in [0.1, 0.15) is 10.7 Å². The Morgan fingerprint density at radius 3 is 2.50 bits per heavy atom. The summed E-state index contributed by atoms with van der Waals surface area (Å²) in [5.74, 6) is 0.274. The van der Waals surface area contributed by atoms with Gasteiger partial charge in [0.05, 0.1) is 12.3 Å². The fraction of sp³-hybridized carbons (Fsp3) is 0.421. The molecule has 0 aliphatic heterocycles. The monoisotopic (exact) mass is 391 g/mol. The van der Waals surface area contributed by atoms with Crippen molar-refractivity contribution in [3.63, 3.8) is 0 Å². The zero-order chi connectivity index (χ0) is 19.1. The molecule has 1 aromatic heterocycles. The standard InChI is InChI=1S/C19H25N3O2S2/c1-13(2)20-19(24)16-11-26-17(21-16)10-22(14(3)4)18(23)12-25-15-8-6-5-7-9-15/h5-9,11,13-14H,10,12H2,1-4H3,(H,20,24). The van der Waals surface area contributed by atoms with Gasteiger partial charge < -0.3 is 10.2 Å². The van der Waals surface area contributed by atoms with Gasteiger partial charge in [0.15, 0.2) is 0 Å². The van der Waals surface area contributed by atoms with Gasteiger partial charge in [-0.1, -0.05) is 18.2 Å². The minimum Gasteiger partial charge on any atom is -0.349 e. The van der Waals surface area contributed by atoms with Crippen LogP contribution >= 0.6 is 23.1 Å².